The Morgan fingerprint density at radius 2 is 2.00 bits per heavy atom. The second-order valence-corrected chi connectivity index (χ2v) is 1.77. The van der Waals surface area contributed by atoms with Crippen molar-refractivity contribution in [3.8, 4) is 11.8 Å². The maximum atomic E-state index is 8.30. The summed E-state index contributed by atoms with van der Waals surface area (Å²) in [7, 11) is 0. The van der Waals surface area contributed by atoms with E-state index in [-0.39, 0.29) is 12.5 Å². The number of hydrogen-bond acceptors (Lipinski definition) is 1. The fraction of sp³-hybridized carbons (Fsp3) is 0.250. The van der Waals surface area contributed by atoms with Crippen LogP contribution in [0.5, 0.6) is 0 Å². The van der Waals surface area contributed by atoms with Gasteiger partial charge in [-0.05, 0) is 0 Å². The van der Waals surface area contributed by atoms with Crippen LogP contribution in [0.2, 0.25) is 0 Å². The molecule has 1 nitrogen and oxygen atoms in total. The van der Waals surface area contributed by atoms with Gasteiger partial charge >= 0.3 is 0 Å². The molecule has 1 N–H and O–H groups in total. The molecule has 1 heteroatoms. The molecule has 0 heterocycles. The molecule has 0 radical (unpaired) electrons. The quantitative estimate of drug-likeness (QED) is 0.467. The van der Waals surface area contributed by atoms with Gasteiger partial charge in [-0.25, -0.2) is 0 Å². The molecule has 0 atom stereocenters. The minimum Gasteiger partial charge on any atom is -0.384 e. The van der Waals surface area contributed by atoms with Gasteiger partial charge in [-0.1, -0.05) is 36.1 Å². The number of rotatable bonds is 0. The Hall–Kier alpha value is -1.00. The molecule has 0 saturated carbocycles. The van der Waals surface area contributed by atoms with Gasteiger partial charge in [0.05, 0.1) is 5.92 Å². The molecule has 0 amide bonds. The molecule has 1 aliphatic carbocycles. The van der Waals surface area contributed by atoms with Gasteiger partial charge in [0.15, 0.2) is 0 Å². The molecule has 9 heavy (non-hydrogen) atoms. The van der Waals surface area contributed by atoms with Crippen molar-refractivity contribution in [3.63, 3.8) is 0 Å². The van der Waals surface area contributed by atoms with Crippen LogP contribution in [0.1, 0.15) is 0 Å². The lowest BCUT2D eigenvalue weighted by molar-refractivity contribution is 0.350. The first kappa shape index (κ1) is 6.12. The zero-order valence-corrected chi connectivity index (χ0v) is 5.04. The van der Waals surface area contributed by atoms with Gasteiger partial charge in [0.25, 0.3) is 0 Å². The van der Waals surface area contributed by atoms with E-state index in [0.29, 0.717) is 0 Å². The third-order valence-electron chi connectivity index (χ3n) is 1.10. The minimum atomic E-state index is -0.0435. The fourth-order valence-electron chi connectivity index (χ4n) is 0.692. The molecule has 0 aromatic rings. The van der Waals surface area contributed by atoms with Crippen molar-refractivity contribution in [1.82, 2.24) is 0 Å². The molecule has 0 aromatic heterocycles. The molecular weight excluding hydrogens is 112 g/mol. The lowest BCUT2D eigenvalue weighted by Gasteiger charge is -1.86. The fourth-order valence-corrected chi connectivity index (χ4v) is 0.692. The van der Waals surface area contributed by atoms with Gasteiger partial charge in [0.2, 0.25) is 0 Å². The largest absolute Gasteiger partial charge is 0.384 e. The lowest BCUT2D eigenvalue weighted by Crippen LogP contribution is -1.82. The average molecular weight is 120 g/mol. The van der Waals surface area contributed by atoms with Crippen LogP contribution in [0.15, 0.2) is 24.3 Å². The van der Waals surface area contributed by atoms with Crippen molar-refractivity contribution in [2.45, 2.75) is 0 Å². The average Bonchev–Trinajstić information content (AvgIpc) is 2.34. The van der Waals surface area contributed by atoms with E-state index < -0.39 is 0 Å². The monoisotopic (exact) mass is 120 g/mol. The first-order chi connectivity index (χ1) is 4.43. The van der Waals surface area contributed by atoms with Crippen LogP contribution in [0.3, 0.4) is 0 Å². The van der Waals surface area contributed by atoms with E-state index in [2.05, 4.69) is 11.8 Å². The van der Waals surface area contributed by atoms with E-state index in [0.717, 1.165) is 0 Å². The highest BCUT2D eigenvalue weighted by Crippen LogP contribution is 2.05. The number of aliphatic hydroxyl groups is 1. The highest BCUT2D eigenvalue weighted by atomic mass is 16.2. The lowest BCUT2D eigenvalue weighted by atomic mass is 10.2. The summed E-state index contributed by atoms with van der Waals surface area (Å²) in [6.45, 7) is -0.0435. The van der Waals surface area contributed by atoms with Gasteiger partial charge in [-0.2, -0.15) is 0 Å². The van der Waals surface area contributed by atoms with Crippen LogP contribution < -0.4 is 0 Å². The molecule has 0 spiro atoms. The van der Waals surface area contributed by atoms with Gasteiger partial charge in [0.1, 0.15) is 6.61 Å². The highest BCUT2D eigenvalue weighted by molar-refractivity contribution is 5.27. The summed E-state index contributed by atoms with van der Waals surface area (Å²) in [5, 5.41) is 8.30. The van der Waals surface area contributed by atoms with Crippen LogP contribution in [-0.4, -0.2) is 11.7 Å². The van der Waals surface area contributed by atoms with E-state index in [1.165, 1.54) is 0 Å². The third-order valence-corrected chi connectivity index (χ3v) is 1.10. The first-order valence-corrected chi connectivity index (χ1v) is 2.88. The zero-order valence-electron chi connectivity index (χ0n) is 5.04. The summed E-state index contributed by atoms with van der Waals surface area (Å²) < 4.78 is 0. The molecule has 0 saturated heterocycles. The van der Waals surface area contributed by atoms with Crippen molar-refractivity contribution in [2.24, 2.45) is 5.92 Å². The molecule has 0 aromatic carbocycles. The van der Waals surface area contributed by atoms with Gasteiger partial charge in [0, 0.05) is 0 Å². The van der Waals surface area contributed by atoms with Crippen molar-refractivity contribution in [2.75, 3.05) is 6.61 Å². The maximum Gasteiger partial charge on any atom is 0.104 e. The second-order valence-electron chi connectivity index (χ2n) is 1.77. The van der Waals surface area contributed by atoms with E-state index >= 15 is 0 Å². The smallest absolute Gasteiger partial charge is 0.104 e. The van der Waals surface area contributed by atoms with Gasteiger partial charge in [-0.3, -0.25) is 0 Å². The SMILES string of the molecule is OCC#CC1C=CC=C1. The van der Waals surface area contributed by atoms with Crippen LogP contribution in [-0.2, 0) is 0 Å². The Bertz CT molecular complexity index is 178. The number of hydrogen-bond donors (Lipinski definition) is 1. The molecule has 0 bridgehead atoms. The molecule has 0 unspecified atom stereocenters. The topological polar surface area (TPSA) is 20.2 Å². The molecule has 46 valence electrons. The first-order valence-electron chi connectivity index (χ1n) is 2.88. The van der Waals surface area contributed by atoms with E-state index in [9.17, 15) is 0 Å². The van der Waals surface area contributed by atoms with Crippen molar-refractivity contribution < 1.29 is 5.11 Å². The van der Waals surface area contributed by atoms with Crippen molar-refractivity contribution in [3.05, 3.63) is 24.3 Å². The molecule has 1 rings (SSSR count). The van der Waals surface area contributed by atoms with Crippen molar-refractivity contribution in [1.29, 1.82) is 0 Å². The standard InChI is InChI=1S/C8H8O/c9-7-3-6-8-4-1-2-5-8/h1-2,4-5,8-9H,7H2. The Morgan fingerprint density at radius 1 is 1.33 bits per heavy atom. The molecular formula is C8H8O. The summed E-state index contributed by atoms with van der Waals surface area (Å²) in [6, 6.07) is 0. The normalized spacial score (nSPS) is 15.7. The van der Waals surface area contributed by atoms with Crippen LogP contribution in [0.4, 0.5) is 0 Å². The van der Waals surface area contributed by atoms with Crippen LogP contribution in [0.25, 0.3) is 0 Å². The molecule has 1 aliphatic rings. The Kier molecular flexibility index (Phi) is 2.12. The predicted octanol–water partition coefficient (Wildman–Crippen LogP) is 0.724. The summed E-state index contributed by atoms with van der Waals surface area (Å²) >= 11 is 0. The number of allylic oxidation sites excluding steroid dienone is 4. The Labute approximate surface area is 54.7 Å². The maximum absolute atomic E-state index is 8.30. The minimum absolute atomic E-state index is 0.0435. The molecule has 0 fully saturated rings. The van der Waals surface area contributed by atoms with Crippen molar-refractivity contribution >= 4 is 0 Å². The van der Waals surface area contributed by atoms with Gasteiger partial charge < -0.3 is 5.11 Å². The van der Waals surface area contributed by atoms with Gasteiger partial charge in [-0.15, -0.1) is 0 Å². The van der Waals surface area contributed by atoms with E-state index in [1.54, 1.807) is 0 Å². The van der Waals surface area contributed by atoms with Crippen LogP contribution in [0, 0.1) is 17.8 Å². The summed E-state index contributed by atoms with van der Waals surface area (Å²) in [5.41, 5.74) is 0. The predicted molar refractivity (Wildman–Crippen MR) is 36.6 cm³/mol. The molecule has 0 aliphatic heterocycles. The summed E-state index contributed by atoms with van der Waals surface area (Å²) in [4.78, 5) is 0. The highest BCUT2D eigenvalue weighted by Gasteiger charge is 1.95. The van der Waals surface area contributed by atoms with Crippen LogP contribution >= 0.6 is 0 Å². The Morgan fingerprint density at radius 3 is 2.56 bits per heavy atom. The summed E-state index contributed by atoms with van der Waals surface area (Å²) in [5.74, 6) is 5.68. The number of aliphatic hydroxyl groups excluding tert-OH is 1. The second kappa shape index (κ2) is 3.11. The van der Waals surface area contributed by atoms with E-state index in [4.69, 9.17) is 5.11 Å². The third kappa shape index (κ3) is 1.75. The van der Waals surface area contributed by atoms with E-state index in [1.807, 2.05) is 24.3 Å². The summed E-state index contributed by atoms with van der Waals surface area (Å²) in [6.07, 6.45) is 7.89. The Balaban J connectivity index is 2.45. The zero-order chi connectivity index (χ0) is 6.53.